The fourth-order valence-electron chi connectivity index (χ4n) is 2.78. The van der Waals surface area contributed by atoms with Crippen LogP contribution in [-0.4, -0.2) is 49.8 Å². The lowest BCUT2D eigenvalue weighted by atomic mass is 10.2. The molecule has 0 spiro atoms. The number of hydrogen-bond donors (Lipinski definition) is 2. The van der Waals surface area contributed by atoms with Gasteiger partial charge in [0.2, 0.25) is 0 Å². The molecule has 1 saturated heterocycles. The Morgan fingerprint density at radius 1 is 1.52 bits per heavy atom. The molecule has 7 heteroatoms. The van der Waals surface area contributed by atoms with Crippen LogP contribution in [0.4, 0.5) is 10.6 Å². The van der Waals surface area contributed by atoms with Crippen molar-refractivity contribution >= 4 is 17.6 Å². The lowest BCUT2D eigenvalue weighted by molar-refractivity contribution is 0.142. The summed E-state index contributed by atoms with van der Waals surface area (Å²) in [5.74, 6) is 0.743. The van der Waals surface area contributed by atoms with Crippen LogP contribution in [0.5, 0.6) is 0 Å². The molecule has 2 aromatic rings. The molecule has 1 aliphatic rings. The van der Waals surface area contributed by atoms with Gasteiger partial charge in [0.25, 0.3) is 0 Å². The van der Waals surface area contributed by atoms with E-state index in [1.165, 1.54) is 4.90 Å². The molecule has 1 atom stereocenters. The van der Waals surface area contributed by atoms with Gasteiger partial charge in [0.05, 0.1) is 17.9 Å². The predicted molar refractivity (Wildman–Crippen MR) is 78.6 cm³/mol. The van der Waals surface area contributed by atoms with E-state index in [-0.39, 0.29) is 6.04 Å². The number of amides is 1. The SMILES string of the molecule is CCc1cnc2ccc(NC[C@@H]3CCCN3C(=O)O)nn12. The molecule has 7 nitrogen and oxygen atoms in total. The number of aromatic nitrogens is 3. The van der Waals surface area contributed by atoms with Crippen LogP contribution in [-0.2, 0) is 6.42 Å². The van der Waals surface area contributed by atoms with E-state index < -0.39 is 6.09 Å². The van der Waals surface area contributed by atoms with Gasteiger partial charge in [0.15, 0.2) is 5.65 Å². The molecule has 0 bridgehead atoms. The Morgan fingerprint density at radius 2 is 2.38 bits per heavy atom. The summed E-state index contributed by atoms with van der Waals surface area (Å²) in [7, 11) is 0. The first kappa shape index (κ1) is 13.7. The van der Waals surface area contributed by atoms with E-state index in [9.17, 15) is 4.79 Å². The number of fused-ring (bicyclic) bond motifs is 1. The van der Waals surface area contributed by atoms with Crippen molar-refractivity contribution in [1.82, 2.24) is 19.5 Å². The van der Waals surface area contributed by atoms with Crippen molar-refractivity contribution in [3.05, 3.63) is 24.0 Å². The van der Waals surface area contributed by atoms with E-state index in [4.69, 9.17) is 5.11 Å². The first-order chi connectivity index (χ1) is 10.2. The van der Waals surface area contributed by atoms with Crippen LogP contribution in [0.25, 0.3) is 5.65 Å². The number of nitrogens with one attached hydrogen (secondary N) is 1. The summed E-state index contributed by atoms with van der Waals surface area (Å²) in [6, 6.07) is 3.81. The quantitative estimate of drug-likeness (QED) is 0.897. The molecular weight excluding hydrogens is 270 g/mol. The Morgan fingerprint density at radius 3 is 3.14 bits per heavy atom. The number of aryl methyl sites for hydroxylation is 1. The number of nitrogens with zero attached hydrogens (tertiary/aromatic N) is 4. The van der Waals surface area contributed by atoms with Crippen LogP contribution in [0, 0.1) is 0 Å². The third kappa shape index (κ3) is 2.63. The Balaban J connectivity index is 1.71. The van der Waals surface area contributed by atoms with Gasteiger partial charge in [-0.05, 0) is 31.4 Å². The maximum atomic E-state index is 11.1. The van der Waals surface area contributed by atoms with Gasteiger partial charge in [-0.3, -0.25) is 0 Å². The van der Waals surface area contributed by atoms with Gasteiger partial charge in [0, 0.05) is 13.1 Å². The zero-order valence-corrected chi connectivity index (χ0v) is 12.0. The van der Waals surface area contributed by atoms with E-state index in [2.05, 4.69) is 22.3 Å². The van der Waals surface area contributed by atoms with Crippen LogP contribution >= 0.6 is 0 Å². The molecule has 0 aromatic carbocycles. The van der Waals surface area contributed by atoms with Crippen molar-refractivity contribution in [2.45, 2.75) is 32.2 Å². The van der Waals surface area contributed by atoms with Crippen LogP contribution in [0.1, 0.15) is 25.5 Å². The third-order valence-corrected chi connectivity index (χ3v) is 3.94. The summed E-state index contributed by atoms with van der Waals surface area (Å²) in [6.07, 6.45) is 3.67. The fraction of sp³-hybridized carbons (Fsp3) is 0.500. The Hall–Kier alpha value is -2.31. The number of likely N-dealkylation sites (tertiary alicyclic amines) is 1. The monoisotopic (exact) mass is 289 g/mol. The Labute approximate surface area is 122 Å². The molecule has 2 aromatic heterocycles. The highest BCUT2D eigenvalue weighted by atomic mass is 16.4. The fourth-order valence-corrected chi connectivity index (χ4v) is 2.78. The van der Waals surface area contributed by atoms with E-state index >= 15 is 0 Å². The van der Waals surface area contributed by atoms with Crippen molar-refractivity contribution in [2.24, 2.45) is 0 Å². The van der Waals surface area contributed by atoms with Gasteiger partial charge >= 0.3 is 6.09 Å². The van der Waals surface area contributed by atoms with Gasteiger partial charge in [-0.15, -0.1) is 5.10 Å². The zero-order valence-electron chi connectivity index (χ0n) is 12.0. The normalized spacial score (nSPS) is 18.3. The number of carbonyl (C=O) groups is 1. The van der Waals surface area contributed by atoms with Crippen LogP contribution < -0.4 is 5.32 Å². The second kappa shape index (κ2) is 5.59. The molecule has 3 heterocycles. The lowest BCUT2D eigenvalue weighted by Gasteiger charge is -2.21. The summed E-state index contributed by atoms with van der Waals surface area (Å²) in [5.41, 5.74) is 1.88. The van der Waals surface area contributed by atoms with Crippen molar-refractivity contribution in [2.75, 3.05) is 18.4 Å². The highest BCUT2D eigenvalue weighted by Gasteiger charge is 2.28. The highest BCUT2D eigenvalue weighted by molar-refractivity contribution is 5.66. The van der Waals surface area contributed by atoms with Gasteiger partial charge in [-0.1, -0.05) is 6.92 Å². The van der Waals surface area contributed by atoms with E-state index in [0.29, 0.717) is 13.1 Å². The summed E-state index contributed by atoms with van der Waals surface area (Å²) in [5, 5.41) is 16.9. The summed E-state index contributed by atoms with van der Waals surface area (Å²) in [6.45, 7) is 3.27. The van der Waals surface area contributed by atoms with Crippen molar-refractivity contribution < 1.29 is 9.90 Å². The zero-order chi connectivity index (χ0) is 14.8. The minimum Gasteiger partial charge on any atom is -0.465 e. The predicted octanol–water partition coefficient (Wildman–Crippen LogP) is 1.85. The summed E-state index contributed by atoms with van der Waals surface area (Å²) >= 11 is 0. The summed E-state index contributed by atoms with van der Waals surface area (Å²) in [4.78, 5) is 16.9. The molecule has 0 saturated carbocycles. The van der Waals surface area contributed by atoms with Gasteiger partial charge in [-0.2, -0.15) is 0 Å². The molecule has 0 radical (unpaired) electrons. The van der Waals surface area contributed by atoms with Gasteiger partial charge in [0.1, 0.15) is 5.82 Å². The second-order valence-electron chi connectivity index (χ2n) is 5.24. The number of carboxylic acid groups (broad SMARTS) is 1. The number of imidazole rings is 1. The summed E-state index contributed by atoms with van der Waals surface area (Å²) < 4.78 is 1.83. The number of anilines is 1. The molecule has 21 heavy (non-hydrogen) atoms. The lowest BCUT2D eigenvalue weighted by Crippen LogP contribution is -2.38. The molecule has 1 fully saturated rings. The first-order valence-electron chi connectivity index (χ1n) is 7.26. The van der Waals surface area contributed by atoms with Crippen molar-refractivity contribution in [1.29, 1.82) is 0 Å². The minimum absolute atomic E-state index is 0.0217. The maximum Gasteiger partial charge on any atom is 0.407 e. The molecule has 1 amide bonds. The van der Waals surface area contributed by atoms with Crippen molar-refractivity contribution in [3.8, 4) is 0 Å². The highest BCUT2D eigenvalue weighted by Crippen LogP contribution is 2.18. The molecule has 0 aliphatic carbocycles. The Bertz CT molecular complexity index is 654. The van der Waals surface area contributed by atoms with Gasteiger partial charge in [-0.25, -0.2) is 14.3 Å². The van der Waals surface area contributed by atoms with Crippen molar-refractivity contribution in [3.63, 3.8) is 0 Å². The first-order valence-corrected chi connectivity index (χ1v) is 7.26. The van der Waals surface area contributed by atoms with Crippen LogP contribution in [0.15, 0.2) is 18.3 Å². The molecule has 0 unspecified atom stereocenters. The number of hydrogen-bond acceptors (Lipinski definition) is 4. The smallest absolute Gasteiger partial charge is 0.407 e. The molecule has 2 N–H and O–H groups in total. The topological polar surface area (TPSA) is 82.8 Å². The van der Waals surface area contributed by atoms with Crippen LogP contribution in [0.2, 0.25) is 0 Å². The van der Waals surface area contributed by atoms with E-state index in [1.807, 2.05) is 22.8 Å². The minimum atomic E-state index is -0.842. The van der Waals surface area contributed by atoms with E-state index in [0.717, 1.165) is 36.4 Å². The molecular formula is C14H19N5O2. The average molecular weight is 289 g/mol. The van der Waals surface area contributed by atoms with Crippen LogP contribution in [0.3, 0.4) is 0 Å². The third-order valence-electron chi connectivity index (χ3n) is 3.94. The number of rotatable bonds is 4. The van der Waals surface area contributed by atoms with Gasteiger partial charge < -0.3 is 15.3 Å². The Kier molecular flexibility index (Phi) is 3.64. The molecule has 1 aliphatic heterocycles. The molecule has 112 valence electrons. The second-order valence-corrected chi connectivity index (χ2v) is 5.24. The van der Waals surface area contributed by atoms with E-state index in [1.54, 1.807) is 0 Å². The standard InChI is InChI=1S/C14H19N5O2/c1-2-10-8-16-13-6-5-12(17-19(10)13)15-9-11-4-3-7-18(11)14(20)21/h5-6,8,11H,2-4,7,9H2,1H3,(H,15,17)(H,20,21)/t11-/m0/s1. The largest absolute Gasteiger partial charge is 0.465 e. The average Bonchev–Trinajstić information content (AvgIpc) is 3.11. The maximum absolute atomic E-state index is 11.1. The molecule has 3 rings (SSSR count).